The molecule has 0 saturated carbocycles. The van der Waals surface area contributed by atoms with Gasteiger partial charge in [-0.15, -0.1) is 0 Å². The Morgan fingerprint density at radius 3 is 3.27 bits per heavy atom. The first kappa shape index (κ1) is 6.98. The fourth-order valence-corrected chi connectivity index (χ4v) is 1.92. The third-order valence-corrected chi connectivity index (χ3v) is 2.28. The lowest BCUT2D eigenvalue weighted by Gasteiger charge is -2.21. The fourth-order valence-electron chi connectivity index (χ4n) is 1.33. The number of hydrogen-bond donors (Lipinski definition) is 1. The van der Waals surface area contributed by atoms with Crippen LogP contribution in [0.5, 0.6) is 0 Å². The number of fused-ring (bicyclic) bond motifs is 1. The van der Waals surface area contributed by atoms with Gasteiger partial charge in [-0.2, -0.15) is 0 Å². The van der Waals surface area contributed by atoms with E-state index in [1.807, 2.05) is 6.20 Å². The lowest BCUT2D eigenvalue weighted by Crippen LogP contribution is -2.20. The number of nitrogens with one attached hydrogen (secondary N) is 1. The number of hydrogen-bond acceptors (Lipinski definition) is 2. The Balaban J connectivity index is 2.40. The van der Waals surface area contributed by atoms with Crippen LogP contribution in [0.25, 0.3) is 0 Å². The van der Waals surface area contributed by atoms with Crippen molar-refractivity contribution in [3.63, 3.8) is 0 Å². The van der Waals surface area contributed by atoms with Gasteiger partial charge in [0.05, 0.1) is 12.4 Å². The van der Waals surface area contributed by atoms with Gasteiger partial charge in [0, 0.05) is 16.9 Å². The van der Waals surface area contributed by atoms with Gasteiger partial charge in [0.25, 0.3) is 0 Å². The second-order valence-corrected chi connectivity index (χ2v) is 3.62. The highest BCUT2D eigenvalue weighted by Crippen LogP contribution is 2.27. The summed E-state index contributed by atoms with van der Waals surface area (Å²) in [7, 11) is 0. The molecular weight excluding hydrogens is 204 g/mol. The molecule has 0 saturated heterocycles. The van der Waals surface area contributed by atoms with Crippen LogP contribution in [0, 0.1) is 0 Å². The maximum atomic E-state index is 3.45. The maximum absolute atomic E-state index is 3.45. The van der Waals surface area contributed by atoms with Crippen molar-refractivity contribution in [1.29, 1.82) is 0 Å². The van der Waals surface area contributed by atoms with E-state index in [1.165, 1.54) is 11.3 Å². The van der Waals surface area contributed by atoms with Crippen LogP contribution in [-0.4, -0.2) is 11.6 Å². The third kappa shape index (κ3) is 1.09. The Bertz CT molecular complexity index is 276. The highest BCUT2D eigenvalue weighted by molar-refractivity contribution is 9.11. The summed E-state index contributed by atoms with van der Waals surface area (Å²) >= 11 is 3.45. The zero-order chi connectivity index (χ0) is 7.84. The van der Waals surface area contributed by atoms with Gasteiger partial charge < -0.3 is 10.2 Å². The van der Waals surface area contributed by atoms with Crippen LogP contribution in [0.2, 0.25) is 0 Å². The highest BCUT2D eigenvalue weighted by atomic mass is 79.9. The first-order valence-electron chi connectivity index (χ1n) is 3.53. The zero-order valence-electron chi connectivity index (χ0n) is 6.26. The molecule has 2 aliphatic heterocycles. The molecule has 58 valence electrons. The van der Waals surface area contributed by atoms with Crippen LogP contribution < -0.4 is 5.32 Å². The molecule has 1 N–H and O–H groups in total. The summed E-state index contributed by atoms with van der Waals surface area (Å²) < 4.78 is 1.14. The van der Waals surface area contributed by atoms with Crippen molar-refractivity contribution in [2.24, 2.45) is 0 Å². The van der Waals surface area contributed by atoms with Gasteiger partial charge in [-0.3, -0.25) is 0 Å². The summed E-state index contributed by atoms with van der Waals surface area (Å²) in [5.41, 5.74) is 2.57. The second-order valence-electron chi connectivity index (χ2n) is 2.70. The van der Waals surface area contributed by atoms with Crippen molar-refractivity contribution in [1.82, 2.24) is 10.2 Å². The summed E-state index contributed by atoms with van der Waals surface area (Å²) in [5, 5.41) is 3.17. The van der Waals surface area contributed by atoms with Gasteiger partial charge in [0.2, 0.25) is 0 Å². The number of halogens is 1. The molecule has 0 aromatic rings. The molecule has 0 fully saturated rings. The molecular formula is C8H9BrN2. The predicted octanol–water partition coefficient (Wildman–Crippen LogP) is 1.89. The summed E-state index contributed by atoms with van der Waals surface area (Å²) in [6, 6.07) is 0. The quantitative estimate of drug-likeness (QED) is 0.660. The minimum atomic E-state index is 0.885. The smallest absolute Gasteiger partial charge is 0.0916 e. The van der Waals surface area contributed by atoms with E-state index in [2.05, 4.69) is 45.3 Å². The Morgan fingerprint density at radius 1 is 1.64 bits per heavy atom. The van der Waals surface area contributed by atoms with E-state index in [9.17, 15) is 0 Å². The first-order chi connectivity index (χ1) is 5.27. The van der Waals surface area contributed by atoms with Crippen molar-refractivity contribution in [2.75, 3.05) is 6.67 Å². The molecule has 0 spiro atoms. The minimum Gasteiger partial charge on any atom is -0.372 e. The first-order valence-corrected chi connectivity index (χ1v) is 4.33. The average molecular weight is 213 g/mol. The summed E-state index contributed by atoms with van der Waals surface area (Å²) in [6.07, 6.45) is 6.25. The van der Waals surface area contributed by atoms with E-state index in [4.69, 9.17) is 0 Å². The predicted molar refractivity (Wildman–Crippen MR) is 48.7 cm³/mol. The van der Waals surface area contributed by atoms with Crippen LogP contribution in [0.15, 0.2) is 34.2 Å². The number of allylic oxidation sites excluding steroid dienone is 3. The van der Waals surface area contributed by atoms with E-state index >= 15 is 0 Å². The topological polar surface area (TPSA) is 15.3 Å². The second kappa shape index (κ2) is 2.41. The average Bonchev–Trinajstić information content (AvgIpc) is 2.34. The summed E-state index contributed by atoms with van der Waals surface area (Å²) in [4.78, 5) is 2.18. The number of rotatable bonds is 0. The SMILES string of the molecule is CC1=CC(Br)=CN2CNC=C12. The Kier molecular flexibility index (Phi) is 1.53. The van der Waals surface area contributed by atoms with Crippen LogP contribution in [0.3, 0.4) is 0 Å². The van der Waals surface area contributed by atoms with E-state index in [-0.39, 0.29) is 0 Å². The van der Waals surface area contributed by atoms with Crippen LogP contribution in [0.1, 0.15) is 6.92 Å². The Labute approximate surface area is 74.4 Å². The highest BCUT2D eigenvalue weighted by Gasteiger charge is 2.17. The van der Waals surface area contributed by atoms with Gasteiger partial charge in [0.1, 0.15) is 0 Å². The molecule has 2 heterocycles. The molecule has 0 aromatic heterocycles. The summed E-state index contributed by atoms with van der Waals surface area (Å²) in [5.74, 6) is 0. The van der Waals surface area contributed by atoms with Gasteiger partial charge in [0.15, 0.2) is 0 Å². The largest absolute Gasteiger partial charge is 0.372 e. The van der Waals surface area contributed by atoms with E-state index in [1.54, 1.807) is 0 Å². The van der Waals surface area contributed by atoms with Crippen molar-refractivity contribution in [3.8, 4) is 0 Å². The molecule has 11 heavy (non-hydrogen) atoms. The number of nitrogens with zero attached hydrogens (tertiary/aromatic N) is 1. The molecule has 2 aliphatic rings. The van der Waals surface area contributed by atoms with Gasteiger partial charge >= 0.3 is 0 Å². The summed E-state index contributed by atoms with van der Waals surface area (Å²) in [6.45, 7) is 3.00. The van der Waals surface area contributed by atoms with Crippen LogP contribution >= 0.6 is 15.9 Å². The maximum Gasteiger partial charge on any atom is 0.0916 e. The van der Waals surface area contributed by atoms with E-state index < -0.39 is 0 Å². The molecule has 2 nitrogen and oxygen atoms in total. The van der Waals surface area contributed by atoms with E-state index in [0.29, 0.717) is 0 Å². The molecule has 0 aromatic carbocycles. The van der Waals surface area contributed by atoms with Crippen LogP contribution in [-0.2, 0) is 0 Å². The minimum absolute atomic E-state index is 0.885. The molecule has 3 heteroatoms. The van der Waals surface area contributed by atoms with Crippen molar-refractivity contribution in [3.05, 3.63) is 34.2 Å². The third-order valence-electron chi connectivity index (χ3n) is 1.85. The van der Waals surface area contributed by atoms with E-state index in [0.717, 1.165) is 11.2 Å². The lowest BCUT2D eigenvalue weighted by atomic mass is 10.1. The monoisotopic (exact) mass is 212 g/mol. The lowest BCUT2D eigenvalue weighted by molar-refractivity contribution is 0.491. The molecule has 0 atom stereocenters. The Morgan fingerprint density at radius 2 is 2.45 bits per heavy atom. The van der Waals surface area contributed by atoms with Crippen molar-refractivity contribution >= 4 is 15.9 Å². The molecule has 0 unspecified atom stereocenters. The van der Waals surface area contributed by atoms with Gasteiger partial charge in [-0.05, 0) is 34.5 Å². The molecule has 0 bridgehead atoms. The standard InChI is InChI=1S/C8H9BrN2/c1-6-2-7(9)4-11-5-10-3-8(6)11/h2-4,10H,5H2,1H3. The molecule has 0 aliphatic carbocycles. The molecule has 0 radical (unpaired) electrons. The molecule has 2 rings (SSSR count). The van der Waals surface area contributed by atoms with Crippen molar-refractivity contribution < 1.29 is 0 Å². The molecule has 0 amide bonds. The Hall–Kier alpha value is -0.700. The van der Waals surface area contributed by atoms with Gasteiger partial charge in [-0.1, -0.05) is 0 Å². The van der Waals surface area contributed by atoms with Crippen molar-refractivity contribution in [2.45, 2.75) is 6.92 Å². The zero-order valence-corrected chi connectivity index (χ0v) is 7.85. The normalized spacial score (nSPS) is 21.6. The fraction of sp³-hybridized carbons (Fsp3) is 0.250. The van der Waals surface area contributed by atoms with Crippen LogP contribution in [0.4, 0.5) is 0 Å². The van der Waals surface area contributed by atoms with Gasteiger partial charge in [-0.25, -0.2) is 0 Å².